The number of aromatic nitrogens is 3. The Morgan fingerprint density at radius 2 is 1.77 bits per heavy atom. The molecule has 0 aliphatic carbocycles. The van der Waals surface area contributed by atoms with Crippen molar-refractivity contribution in [1.29, 1.82) is 0 Å². The average Bonchev–Trinajstić information content (AvgIpc) is 3.47. The van der Waals surface area contributed by atoms with E-state index in [1.807, 2.05) is 11.9 Å². The van der Waals surface area contributed by atoms with E-state index in [4.69, 9.17) is 10.5 Å². The van der Waals surface area contributed by atoms with Crippen molar-refractivity contribution in [3.8, 4) is 11.4 Å². The number of hydrogen-bond acceptors (Lipinski definition) is 9. The van der Waals surface area contributed by atoms with Gasteiger partial charge < -0.3 is 36.0 Å². The summed E-state index contributed by atoms with van der Waals surface area (Å²) in [5.41, 5.74) is 6.36. The smallest absolute Gasteiger partial charge is 0.420 e. The molecule has 3 heterocycles. The first-order chi connectivity index (χ1) is 22.3. The topological polar surface area (TPSA) is 151 Å². The zero-order chi connectivity index (χ0) is 33.9. The number of methoxy groups -OCH3 is 1. The van der Waals surface area contributed by atoms with Gasteiger partial charge in [0.15, 0.2) is 11.8 Å². The van der Waals surface area contributed by atoms with E-state index in [2.05, 4.69) is 20.7 Å². The maximum Gasteiger partial charge on any atom is 0.420 e. The zero-order valence-electron chi connectivity index (χ0n) is 25.4. The van der Waals surface area contributed by atoms with Gasteiger partial charge in [0, 0.05) is 32.7 Å². The number of piperazine rings is 1. The molecule has 1 atom stereocenters. The van der Waals surface area contributed by atoms with E-state index in [1.165, 1.54) is 42.3 Å². The fourth-order valence-electron chi connectivity index (χ4n) is 5.11. The number of aliphatic hydroxyl groups excluding tert-OH is 1. The molecule has 5 N–H and O–H groups in total. The Morgan fingerprint density at radius 3 is 2.40 bits per heavy atom. The zero-order valence-corrected chi connectivity index (χ0v) is 25.4. The molecular formula is C31H32F4N8O4. The van der Waals surface area contributed by atoms with Crippen molar-refractivity contribution in [2.75, 3.05) is 50.6 Å². The van der Waals surface area contributed by atoms with Gasteiger partial charge >= 0.3 is 6.18 Å². The number of carbonyl (C=O) groups excluding carboxylic acids is 2. The van der Waals surface area contributed by atoms with E-state index in [0.717, 1.165) is 6.07 Å². The van der Waals surface area contributed by atoms with Gasteiger partial charge in [-0.05, 0) is 55.1 Å². The molecule has 248 valence electrons. The molecule has 2 aromatic carbocycles. The van der Waals surface area contributed by atoms with Gasteiger partial charge in [0.05, 0.1) is 35.9 Å². The van der Waals surface area contributed by atoms with Crippen LogP contribution in [-0.2, 0) is 6.54 Å². The molecule has 1 aliphatic heterocycles. The number of nitrogens with one attached hydrogen (secondary N) is 2. The highest BCUT2D eigenvalue weighted by atomic mass is 19.4. The van der Waals surface area contributed by atoms with E-state index < -0.39 is 35.6 Å². The first-order valence-corrected chi connectivity index (χ1v) is 14.4. The molecule has 47 heavy (non-hydrogen) atoms. The standard InChI is InChI=1S/C31H32F4N8O4/c1-41-11-13-42(14-12-41)23-8-10-25(40-26(23)28(44)31(33,34)35)39-22-17-38-43(27(22)29(36)45)20-6-3-18(4-7-20)16-37-30(46)21-15-19(32)5-9-24(21)47-2/h3-10,15,17,28,44H,11-14,16H2,1-2H3,(H2,36,45)(H,37,46)(H,39,40)/t28-/m0/s1. The number of primary amides is 1. The molecule has 2 amide bonds. The summed E-state index contributed by atoms with van der Waals surface area (Å²) >= 11 is 0. The van der Waals surface area contributed by atoms with Crippen LogP contribution in [0.2, 0.25) is 0 Å². The summed E-state index contributed by atoms with van der Waals surface area (Å²) in [6.45, 7) is 2.25. The Morgan fingerprint density at radius 1 is 1.06 bits per heavy atom. The molecule has 2 aromatic heterocycles. The van der Waals surface area contributed by atoms with Crippen molar-refractivity contribution in [2.24, 2.45) is 5.73 Å². The van der Waals surface area contributed by atoms with Crippen LogP contribution in [0.15, 0.2) is 60.8 Å². The van der Waals surface area contributed by atoms with E-state index in [-0.39, 0.29) is 40.7 Å². The summed E-state index contributed by atoms with van der Waals surface area (Å²) in [5.74, 6) is -1.86. The number of anilines is 3. The number of aliphatic hydroxyl groups is 1. The second-order valence-electron chi connectivity index (χ2n) is 10.8. The third-order valence-electron chi connectivity index (χ3n) is 7.62. The Labute approximate surface area is 266 Å². The number of rotatable bonds is 10. The number of nitrogens with two attached hydrogens (primary N) is 1. The predicted octanol–water partition coefficient (Wildman–Crippen LogP) is 3.54. The number of amides is 2. The quantitative estimate of drug-likeness (QED) is 0.188. The average molecular weight is 657 g/mol. The van der Waals surface area contributed by atoms with Gasteiger partial charge in [-0.3, -0.25) is 9.59 Å². The minimum absolute atomic E-state index is 0.0373. The molecule has 12 nitrogen and oxygen atoms in total. The summed E-state index contributed by atoms with van der Waals surface area (Å²) in [5, 5.41) is 19.9. The second kappa shape index (κ2) is 13.6. The molecule has 0 bridgehead atoms. The molecular weight excluding hydrogens is 624 g/mol. The lowest BCUT2D eigenvalue weighted by atomic mass is 10.1. The summed E-state index contributed by atoms with van der Waals surface area (Å²) in [6, 6.07) is 13.1. The fraction of sp³-hybridized carbons (Fsp3) is 0.290. The van der Waals surface area contributed by atoms with Crippen LogP contribution in [0.1, 0.15) is 38.2 Å². The molecule has 4 aromatic rings. The van der Waals surface area contributed by atoms with Crippen LogP contribution in [0.3, 0.4) is 0 Å². The number of pyridine rings is 1. The largest absolute Gasteiger partial charge is 0.496 e. The van der Waals surface area contributed by atoms with Crippen LogP contribution in [-0.4, -0.2) is 83.1 Å². The lowest BCUT2D eigenvalue weighted by Gasteiger charge is -2.35. The van der Waals surface area contributed by atoms with Gasteiger partial charge in [-0.2, -0.15) is 18.3 Å². The van der Waals surface area contributed by atoms with Crippen molar-refractivity contribution < 1.29 is 37.0 Å². The molecule has 0 radical (unpaired) electrons. The van der Waals surface area contributed by atoms with Crippen LogP contribution in [0, 0.1) is 5.82 Å². The highest BCUT2D eigenvalue weighted by Gasteiger charge is 2.42. The molecule has 0 saturated carbocycles. The number of nitrogens with zero attached hydrogens (tertiary/aromatic N) is 5. The first kappa shape index (κ1) is 33.2. The van der Waals surface area contributed by atoms with Crippen molar-refractivity contribution in [3.63, 3.8) is 0 Å². The fourth-order valence-corrected chi connectivity index (χ4v) is 5.11. The number of alkyl halides is 3. The van der Waals surface area contributed by atoms with Crippen LogP contribution in [0.5, 0.6) is 5.75 Å². The number of hydrogen-bond donors (Lipinski definition) is 4. The Hall–Kier alpha value is -5.22. The Kier molecular flexibility index (Phi) is 9.62. The molecule has 1 aliphatic rings. The molecule has 1 fully saturated rings. The maximum absolute atomic E-state index is 13.7. The number of halogens is 4. The lowest BCUT2D eigenvalue weighted by Crippen LogP contribution is -2.45. The third-order valence-corrected chi connectivity index (χ3v) is 7.62. The number of ether oxygens (including phenoxy) is 1. The van der Waals surface area contributed by atoms with Crippen LogP contribution >= 0.6 is 0 Å². The molecule has 0 spiro atoms. The predicted molar refractivity (Wildman–Crippen MR) is 164 cm³/mol. The van der Waals surface area contributed by atoms with Gasteiger partial charge in [0.25, 0.3) is 11.8 Å². The van der Waals surface area contributed by atoms with Gasteiger partial charge in [-0.15, -0.1) is 0 Å². The number of carbonyl (C=O) groups is 2. The Bertz CT molecular complexity index is 1760. The van der Waals surface area contributed by atoms with Crippen molar-refractivity contribution >= 4 is 29.0 Å². The Balaban J connectivity index is 1.35. The molecule has 5 rings (SSSR count). The van der Waals surface area contributed by atoms with Crippen LogP contribution in [0.25, 0.3) is 5.69 Å². The second-order valence-corrected chi connectivity index (χ2v) is 10.8. The SMILES string of the molecule is COc1ccc(F)cc1C(=O)NCc1ccc(-n2ncc(Nc3ccc(N4CCN(C)CC4)c([C@H](O)C(F)(F)F)n3)c2C(N)=O)cc1. The lowest BCUT2D eigenvalue weighted by molar-refractivity contribution is -0.207. The van der Waals surface area contributed by atoms with Crippen molar-refractivity contribution in [1.82, 2.24) is 25.0 Å². The van der Waals surface area contributed by atoms with Crippen LogP contribution < -0.4 is 26.0 Å². The van der Waals surface area contributed by atoms with Gasteiger partial charge in [-0.25, -0.2) is 14.1 Å². The molecule has 1 saturated heterocycles. The summed E-state index contributed by atoms with van der Waals surface area (Å²) < 4.78 is 61.0. The van der Waals surface area contributed by atoms with Gasteiger partial charge in [-0.1, -0.05) is 12.1 Å². The number of benzene rings is 2. The molecule has 16 heteroatoms. The van der Waals surface area contributed by atoms with E-state index >= 15 is 0 Å². The highest BCUT2D eigenvalue weighted by molar-refractivity contribution is 5.98. The minimum atomic E-state index is -4.96. The maximum atomic E-state index is 13.7. The van der Waals surface area contributed by atoms with E-state index in [1.54, 1.807) is 29.2 Å². The van der Waals surface area contributed by atoms with Gasteiger partial charge in [0.1, 0.15) is 23.1 Å². The van der Waals surface area contributed by atoms with E-state index in [0.29, 0.717) is 37.4 Å². The summed E-state index contributed by atoms with van der Waals surface area (Å²) in [6.07, 6.45) is -6.52. The first-order valence-electron chi connectivity index (χ1n) is 14.4. The van der Waals surface area contributed by atoms with Crippen molar-refractivity contribution in [3.05, 3.63) is 89.1 Å². The van der Waals surface area contributed by atoms with Crippen molar-refractivity contribution in [2.45, 2.75) is 18.8 Å². The number of likely N-dealkylation sites (N-methyl/N-ethyl adjacent to an activating group) is 1. The summed E-state index contributed by atoms with van der Waals surface area (Å²) in [4.78, 5) is 33.0. The third kappa shape index (κ3) is 7.44. The summed E-state index contributed by atoms with van der Waals surface area (Å²) in [7, 11) is 3.28. The van der Waals surface area contributed by atoms with Gasteiger partial charge in [0.2, 0.25) is 0 Å². The van der Waals surface area contributed by atoms with Crippen LogP contribution in [0.4, 0.5) is 34.8 Å². The minimum Gasteiger partial charge on any atom is -0.496 e. The van der Waals surface area contributed by atoms with E-state index in [9.17, 15) is 32.3 Å². The monoisotopic (exact) mass is 656 g/mol. The molecule has 0 unspecified atom stereocenters. The normalized spacial score (nSPS) is 14.5. The highest BCUT2D eigenvalue weighted by Crippen LogP contribution is 2.38.